The van der Waals surface area contributed by atoms with Gasteiger partial charge in [-0.2, -0.15) is 0 Å². The molecule has 4 nitrogen and oxygen atoms in total. The fourth-order valence-corrected chi connectivity index (χ4v) is 3.54. The third-order valence-electron chi connectivity index (χ3n) is 3.49. The minimum atomic E-state index is -3.20. The van der Waals surface area contributed by atoms with Crippen molar-refractivity contribution >= 4 is 10.0 Å². The first-order valence-electron chi connectivity index (χ1n) is 6.81. The van der Waals surface area contributed by atoms with Crippen LogP contribution in [0.15, 0.2) is 24.3 Å². The maximum Gasteiger partial charge on any atom is 0.216 e. The van der Waals surface area contributed by atoms with Gasteiger partial charge in [-0.25, -0.2) is 17.1 Å². The Morgan fingerprint density at radius 3 is 2.40 bits per heavy atom. The van der Waals surface area contributed by atoms with Gasteiger partial charge in [0.2, 0.25) is 10.0 Å². The van der Waals surface area contributed by atoms with Crippen LogP contribution in [0.1, 0.15) is 26.7 Å². The molecule has 2 rings (SSSR count). The van der Waals surface area contributed by atoms with Gasteiger partial charge in [0.05, 0.1) is 5.25 Å². The molecule has 1 aliphatic rings. The minimum Gasteiger partial charge on any atom is -0.487 e. The minimum absolute atomic E-state index is 0.134. The van der Waals surface area contributed by atoms with Crippen molar-refractivity contribution in [2.45, 2.75) is 38.0 Å². The fourth-order valence-electron chi connectivity index (χ4n) is 2.22. The molecule has 1 fully saturated rings. The molecule has 1 aromatic carbocycles. The van der Waals surface area contributed by atoms with Gasteiger partial charge in [-0.3, -0.25) is 0 Å². The first-order valence-corrected chi connectivity index (χ1v) is 8.31. The Kier molecular flexibility index (Phi) is 4.65. The summed E-state index contributed by atoms with van der Waals surface area (Å²) in [4.78, 5) is 0. The normalized spacial score (nSPS) is 18.4. The molecule has 0 aliphatic carbocycles. The van der Waals surface area contributed by atoms with E-state index in [2.05, 4.69) is 0 Å². The molecular formula is C14H20FNO3S. The third-order valence-corrected chi connectivity index (χ3v) is 5.76. The fraction of sp³-hybridized carbons (Fsp3) is 0.571. The summed E-state index contributed by atoms with van der Waals surface area (Å²) in [5, 5.41) is -0.411. The van der Waals surface area contributed by atoms with E-state index in [9.17, 15) is 12.8 Å². The highest BCUT2D eigenvalue weighted by molar-refractivity contribution is 7.89. The van der Waals surface area contributed by atoms with Crippen molar-refractivity contribution in [3.63, 3.8) is 0 Å². The predicted molar refractivity (Wildman–Crippen MR) is 75.7 cm³/mol. The van der Waals surface area contributed by atoms with Crippen LogP contribution in [0.5, 0.6) is 5.75 Å². The third kappa shape index (κ3) is 3.30. The van der Waals surface area contributed by atoms with E-state index in [0.717, 1.165) is 0 Å². The number of sulfonamides is 1. The Hall–Kier alpha value is -1.14. The zero-order valence-corrected chi connectivity index (χ0v) is 12.6. The van der Waals surface area contributed by atoms with Crippen LogP contribution in [0.25, 0.3) is 0 Å². The summed E-state index contributed by atoms with van der Waals surface area (Å²) in [6, 6.07) is 6.27. The van der Waals surface area contributed by atoms with Crippen molar-refractivity contribution in [2.75, 3.05) is 13.1 Å². The number of ether oxygens (including phenoxy) is 1. The summed E-state index contributed by atoms with van der Waals surface area (Å²) in [6.45, 7) is 4.22. The van der Waals surface area contributed by atoms with Gasteiger partial charge in [0.15, 0.2) is 11.6 Å². The van der Waals surface area contributed by atoms with Crippen LogP contribution >= 0.6 is 0 Å². The number of nitrogens with zero attached hydrogens (tertiary/aromatic N) is 1. The summed E-state index contributed by atoms with van der Waals surface area (Å²) in [5.41, 5.74) is 0. The average Bonchev–Trinajstić information content (AvgIpc) is 2.42. The molecule has 0 bridgehead atoms. The van der Waals surface area contributed by atoms with Gasteiger partial charge in [-0.05, 0) is 38.8 Å². The molecule has 0 amide bonds. The number of hydrogen-bond acceptors (Lipinski definition) is 3. The van der Waals surface area contributed by atoms with E-state index in [-0.39, 0.29) is 17.7 Å². The molecule has 0 spiro atoms. The molecule has 1 aromatic rings. The number of benzene rings is 1. The van der Waals surface area contributed by atoms with E-state index in [1.807, 2.05) is 0 Å². The maximum absolute atomic E-state index is 13.5. The quantitative estimate of drug-likeness (QED) is 0.858. The van der Waals surface area contributed by atoms with Crippen molar-refractivity contribution in [2.24, 2.45) is 0 Å². The molecular weight excluding hydrogens is 281 g/mol. The van der Waals surface area contributed by atoms with Crippen LogP contribution in [0.4, 0.5) is 4.39 Å². The van der Waals surface area contributed by atoms with Gasteiger partial charge in [-0.15, -0.1) is 0 Å². The van der Waals surface area contributed by atoms with Gasteiger partial charge >= 0.3 is 0 Å². The summed E-state index contributed by atoms with van der Waals surface area (Å²) >= 11 is 0. The number of rotatable bonds is 4. The molecule has 1 saturated heterocycles. The molecule has 1 heterocycles. The number of para-hydroxylation sites is 1. The highest BCUT2D eigenvalue weighted by atomic mass is 32.2. The first kappa shape index (κ1) is 15.3. The lowest BCUT2D eigenvalue weighted by atomic mass is 10.1. The van der Waals surface area contributed by atoms with Crippen LogP contribution in [0, 0.1) is 5.82 Å². The molecule has 1 aliphatic heterocycles. The lowest BCUT2D eigenvalue weighted by Crippen LogP contribution is -2.44. The van der Waals surface area contributed by atoms with Crippen molar-refractivity contribution in [1.82, 2.24) is 4.31 Å². The highest BCUT2D eigenvalue weighted by Gasteiger charge is 2.31. The molecule has 20 heavy (non-hydrogen) atoms. The maximum atomic E-state index is 13.5. The summed E-state index contributed by atoms with van der Waals surface area (Å²) in [6.07, 6.45) is 1.03. The van der Waals surface area contributed by atoms with E-state index < -0.39 is 15.3 Å². The van der Waals surface area contributed by atoms with Gasteiger partial charge in [0, 0.05) is 13.1 Å². The van der Waals surface area contributed by atoms with Crippen molar-refractivity contribution < 1.29 is 17.5 Å². The Labute approximate surface area is 119 Å². The highest BCUT2D eigenvalue weighted by Crippen LogP contribution is 2.23. The monoisotopic (exact) mass is 301 g/mol. The topological polar surface area (TPSA) is 46.6 Å². The van der Waals surface area contributed by atoms with Gasteiger partial charge < -0.3 is 4.74 Å². The Morgan fingerprint density at radius 2 is 1.85 bits per heavy atom. The molecule has 0 N–H and O–H groups in total. The standard InChI is InChI=1S/C14H20FNO3S/c1-11(2)20(17,18)16-9-7-12(8-10-16)19-14-6-4-3-5-13(14)15/h3-6,11-12H,7-10H2,1-2H3. The van der Waals surface area contributed by atoms with Crippen molar-refractivity contribution in [3.8, 4) is 5.75 Å². The Balaban J connectivity index is 1.94. The molecule has 0 atom stereocenters. The number of halogens is 1. The lowest BCUT2D eigenvalue weighted by molar-refractivity contribution is 0.130. The van der Waals surface area contributed by atoms with Crippen LogP contribution in [0.3, 0.4) is 0 Å². The number of piperidine rings is 1. The van der Waals surface area contributed by atoms with E-state index >= 15 is 0 Å². The molecule has 0 aromatic heterocycles. The van der Waals surface area contributed by atoms with E-state index in [1.165, 1.54) is 10.4 Å². The van der Waals surface area contributed by atoms with Crippen LogP contribution in [0.2, 0.25) is 0 Å². The first-order chi connectivity index (χ1) is 9.41. The van der Waals surface area contributed by atoms with E-state index in [4.69, 9.17) is 4.74 Å². The lowest BCUT2D eigenvalue weighted by Gasteiger charge is -2.32. The van der Waals surface area contributed by atoms with Crippen molar-refractivity contribution in [1.29, 1.82) is 0 Å². The Morgan fingerprint density at radius 1 is 1.25 bits per heavy atom. The molecule has 0 unspecified atom stereocenters. The molecule has 0 saturated carbocycles. The summed E-state index contributed by atoms with van der Waals surface area (Å²) in [5.74, 6) is -0.151. The zero-order valence-electron chi connectivity index (χ0n) is 11.8. The predicted octanol–water partition coefficient (Wildman–Crippen LogP) is 2.41. The second kappa shape index (κ2) is 6.10. The van der Waals surface area contributed by atoms with Crippen molar-refractivity contribution in [3.05, 3.63) is 30.1 Å². The SMILES string of the molecule is CC(C)S(=O)(=O)N1CCC(Oc2ccccc2F)CC1. The Bertz CT molecular complexity index is 551. The van der Waals surface area contributed by atoms with Crippen LogP contribution < -0.4 is 4.74 Å². The summed E-state index contributed by atoms with van der Waals surface area (Å²) < 4.78 is 44.7. The van der Waals surface area contributed by atoms with Gasteiger partial charge in [-0.1, -0.05) is 12.1 Å². The second-order valence-corrected chi connectivity index (χ2v) is 7.73. The largest absolute Gasteiger partial charge is 0.487 e. The van der Waals surface area contributed by atoms with Crippen LogP contribution in [-0.4, -0.2) is 37.2 Å². The zero-order chi connectivity index (χ0) is 14.8. The molecule has 0 radical (unpaired) electrons. The summed E-state index contributed by atoms with van der Waals surface area (Å²) in [7, 11) is -3.20. The number of hydrogen-bond donors (Lipinski definition) is 0. The smallest absolute Gasteiger partial charge is 0.216 e. The average molecular weight is 301 g/mol. The second-order valence-electron chi connectivity index (χ2n) is 5.24. The molecule has 112 valence electrons. The molecule has 6 heteroatoms. The van der Waals surface area contributed by atoms with E-state index in [1.54, 1.807) is 32.0 Å². The van der Waals surface area contributed by atoms with E-state index in [0.29, 0.717) is 25.9 Å². The van der Waals surface area contributed by atoms with Gasteiger partial charge in [0.1, 0.15) is 6.10 Å². The van der Waals surface area contributed by atoms with Gasteiger partial charge in [0.25, 0.3) is 0 Å². The van der Waals surface area contributed by atoms with Crippen LogP contribution in [-0.2, 0) is 10.0 Å².